The van der Waals surface area contributed by atoms with E-state index in [9.17, 15) is 18.0 Å². The molecule has 1 N–H and O–H groups in total. The number of carbonyl (C=O) groups excluding carboxylic acids is 2. The molecule has 0 radical (unpaired) electrons. The Morgan fingerprint density at radius 1 is 1.19 bits per heavy atom. The molecule has 2 aromatic rings. The Morgan fingerprint density at radius 3 is 2.52 bits per heavy atom. The van der Waals surface area contributed by atoms with E-state index in [1.165, 1.54) is 31.2 Å². The van der Waals surface area contributed by atoms with E-state index in [2.05, 4.69) is 5.32 Å². The summed E-state index contributed by atoms with van der Waals surface area (Å²) in [4.78, 5) is 24.6. The van der Waals surface area contributed by atoms with Gasteiger partial charge in [0.2, 0.25) is 0 Å². The van der Waals surface area contributed by atoms with Crippen LogP contribution in [0.15, 0.2) is 47.4 Å². The first kappa shape index (κ1) is 20.1. The number of anilines is 1. The summed E-state index contributed by atoms with van der Waals surface area (Å²) in [7, 11) is -3.48. The quantitative estimate of drug-likeness (QED) is 0.790. The number of carbonyl (C=O) groups is 2. The van der Waals surface area contributed by atoms with Crippen molar-refractivity contribution >= 4 is 27.4 Å². The predicted molar refractivity (Wildman–Crippen MR) is 99.0 cm³/mol. The Hall–Kier alpha value is -3.18. The Balaban J connectivity index is 2.13. The molecule has 0 fully saturated rings. The molecule has 0 aliphatic heterocycles. The maximum atomic E-state index is 12.4. The first-order chi connectivity index (χ1) is 12.6. The van der Waals surface area contributed by atoms with Gasteiger partial charge in [-0.15, -0.1) is 0 Å². The Morgan fingerprint density at radius 2 is 1.89 bits per heavy atom. The zero-order valence-electron chi connectivity index (χ0n) is 15.0. The summed E-state index contributed by atoms with van der Waals surface area (Å²) in [5, 5.41) is 11.4. The van der Waals surface area contributed by atoms with Crippen molar-refractivity contribution in [3.05, 3.63) is 59.2 Å². The van der Waals surface area contributed by atoms with Gasteiger partial charge in [0.25, 0.3) is 5.91 Å². The molecule has 0 spiro atoms. The molecule has 0 saturated carbocycles. The summed E-state index contributed by atoms with van der Waals surface area (Å²) in [6, 6.07) is 12.4. The molecular formula is C19H18N2O5S. The highest BCUT2D eigenvalue weighted by atomic mass is 32.2. The third-order valence-corrected chi connectivity index (χ3v) is 4.88. The fourth-order valence-electron chi connectivity index (χ4n) is 2.24. The number of rotatable bonds is 5. The number of hydrogen-bond acceptors (Lipinski definition) is 6. The van der Waals surface area contributed by atoms with Crippen molar-refractivity contribution in [3.8, 4) is 6.07 Å². The monoisotopic (exact) mass is 386 g/mol. The highest BCUT2D eigenvalue weighted by molar-refractivity contribution is 7.90. The van der Waals surface area contributed by atoms with Crippen LogP contribution in [-0.2, 0) is 19.4 Å². The topological polar surface area (TPSA) is 113 Å². The van der Waals surface area contributed by atoms with Crippen LogP contribution < -0.4 is 5.32 Å². The van der Waals surface area contributed by atoms with E-state index in [-0.39, 0.29) is 10.5 Å². The maximum absolute atomic E-state index is 12.4. The summed E-state index contributed by atoms with van der Waals surface area (Å²) < 4.78 is 28.5. The van der Waals surface area contributed by atoms with Gasteiger partial charge in [-0.25, -0.2) is 13.2 Å². The minimum atomic E-state index is -3.48. The largest absolute Gasteiger partial charge is 0.449 e. The minimum absolute atomic E-state index is 0.00882. The first-order valence-corrected chi connectivity index (χ1v) is 9.83. The van der Waals surface area contributed by atoms with Crippen LogP contribution in [0.4, 0.5) is 5.69 Å². The summed E-state index contributed by atoms with van der Waals surface area (Å²) >= 11 is 0. The van der Waals surface area contributed by atoms with E-state index in [1.54, 1.807) is 25.1 Å². The molecular weight excluding hydrogens is 368 g/mol. The van der Waals surface area contributed by atoms with Gasteiger partial charge in [0.05, 0.1) is 22.1 Å². The van der Waals surface area contributed by atoms with E-state index in [0.29, 0.717) is 16.8 Å². The van der Waals surface area contributed by atoms with E-state index in [4.69, 9.17) is 10.00 Å². The number of aryl methyl sites for hydroxylation is 1. The lowest BCUT2D eigenvalue weighted by Crippen LogP contribution is -2.30. The number of nitrogens with zero attached hydrogens (tertiary/aromatic N) is 1. The summed E-state index contributed by atoms with van der Waals surface area (Å²) in [5.74, 6) is -1.37. The molecule has 140 valence electrons. The van der Waals surface area contributed by atoms with Crippen LogP contribution in [-0.4, -0.2) is 32.7 Å². The van der Waals surface area contributed by atoms with Crippen LogP contribution >= 0.6 is 0 Å². The molecule has 27 heavy (non-hydrogen) atoms. The molecule has 0 saturated heterocycles. The molecule has 1 atom stereocenters. The van der Waals surface area contributed by atoms with Gasteiger partial charge in [-0.2, -0.15) is 5.26 Å². The van der Waals surface area contributed by atoms with Gasteiger partial charge in [-0.3, -0.25) is 4.79 Å². The zero-order chi connectivity index (χ0) is 20.2. The van der Waals surface area contributed by atoms with Crippen molar-refractivity contribution in [1.82, 2.24) is 0 Å². The molecule has 8 heteroatoms. The number of esters is 1. The molecule has 1 amide bonds. The van der Waals surface area contributed by atoms with Gasteiger partial charge in [-0.1, -0.05) is 12.1 Å². The number of sulfone groups is 1. The van der Waals surface area contributed by atoms with Crippen molar-refractivity contribution in [2.75, 3.05) is 11.6 Å². The van der Waals surface area contributed by atoms with Gasteiger partial charge in [-0.05, 0) is 49.7 Å². The lowest BCUT2D eigenvalue weighted by atomic mass is 10.1. The van der Waals surface area contributed by atoms with Crippen LogP contribution in [0.2, 0.25) is 0 Å². The molecule has 7 nitrogen and oxygen atoms in total. The average Bonchev–Trinajstić information content (AvgIpc) is 2.61. The lowest BCUT2D eigenvalue weighted by molar-refractivity contribution is -0.123. The smallest absolute Gasteiger partial charge is 0.339 e. The van der Waals surface area contributed by atoms with E-state index < -0.39 is 27.8 Å². The van der Waals surface area contributed by atoms with Gasteiger partial charge in [0.15, 0.2) is 15.9 Å². The van der Waals surface area contributed by atoms with Crippen LogP contribution in [0.1, 0.15) is 28.4 Å². The normalized spacial score (nSPS) is 11.9. The SMILES string of the molecule is Cc1ccc(S(C)(=O)=O)cc1C(=O)O[C@H](C)C(=O)Nc1cccc(C#N)c1. The summed E-state index contributed by atoms with van der Waals surface area (Å²) in [6.07, 6.45) is -0.0809. The van der Waals surface area contributed by atoms with Crippen LogP contribution in [0.25, 0.3) is 0 Å². The zero-order valence-corrected chi connectivity index (χ0v) is 15.8. The standard InChI is InChI=1S/C19H18N2O5S/c1-12-7-8-16(27(3,24)25)10-17(12)19(23)26-13(2)18(22)21-15-6-4-5-14(9-15)11-20/h4-10,13H,1-3H3,(H,21,22)/t13-/m1/s1. The van der Waals surface area contributed by atoms with Gasteiger partial charge < -0.3 is 10.1 Å². The van der Waals surface area contributed by atoms with Gasteiger partial charge >= 0.3 is 5.97 Å². The second-order valence-corrected chi connectivity index (χ2v) is 7.99. The lowest BCUT2D eigenvalue weighted by Gasteiger charge is -2.15. The van der Waals surface area contributed by atoms with Crippen molar-refractivity contribution in [2.24, 2.45) is 0 Å². The molecule has 0 aromatic heterocycles. The molecule has 0 heterocycles. The van der Waals surface area contributed by atoms with E-state index >= 15 is 0 Å². The summed E-state index contributed by atoms with van der Waals surface area (Å²) in [5.41, 5.74) is 1.38. The Bertz CT molecular complexity index is 1040. The highest BCUT2D eigenvalue weighted by Crippen LogP contribution is 2.18. The number of benzene rings is 2. The number of ether oxygens (including phenoxy) is 1. The molecule has 0 aliphatic rings. The Labute approximate surface area is 157 Å². The second-order valence-electron chi connectivity index (χ2n) is 5.98. The maximum Gasteiger partial charge on any atom is 0.339 e. The van der Waals surface area contributed by atoms with Crippen LogP contribution in [0.3, 0.4) is 0 Å². The fourth-order valence-corrected chi connectivity index (χ4v) is 2.89. The Kier molecular flexibility index (Phi) is 5.98. The molecule has 0 unspecified atom stereocenters. The van der Waals surface area contributed by atoms with Crippen molar-refractivity contribution in [2.45, 2.75) is 24.8 Å². The third kappa shape index (κ3) is 5.15. The molecule has 0 aliphatic carbocycles. The van der Waals surface area contributed by atoms with Crippen molar-refractivity contribution in [3.63, 3.8) is 0 Å². The van der Waals surface area contributed by atoms with E-state index in [0.717, 1.165) is 6.26 Å². The number of nitriles is 1. The number of nitrogens with one attached hydrogen (secondary N) is 1. The van der Waals surface area contributed by atoms with Crippen molar-refractivity contribution < 1.29 is 22.7 Å². The highest BCUT2D eigenvalue weighted by Gasteiger charge is 2.21. The van der Waals surface area contributed by atoms with Gasteiger partial charge in [0, 0.05) is 11.9 Å². The molecule has 0 bridgehead atoms. The van der Waals surface area contributed by atoms with Gasteiger partial charge in [0.1, 0.15) is 0 Å². The predicted octanol–water partition coefficient (Wildman–Crippen LogP) is 2.45. The van der Waals surface area contributed by atoms with Crippen LogP contribution in [0, 0.1) is 18.3 Å². The first-order valence-electron chi connectivity index (χ1n) is 7.94. The number of amides is 1. The summed E-state index contributed by atoms with van der Waals surface area (Å²) in [6.45, 7) is 3.04. The minimum Gasteiger partial charge on any atom is -0.449 e. The van der Waals surface area contributed by atoms with E-state index in [1.807, 2.05) is 6.07 Å². The fraction of sp³-hybridized carbons (Fsp3) is 0.211. The average molecular weight is 386 g/mol. The molecule has 2 aromatic carbocycles. The molecule has 2 rings (SSSR count). The second kappa shape index (κ2) is 8.01. The van der Waals surface area contributed by atoms with Crippen molar-refractivity contribution in [1.29, 1.82) is 5.26 Å². The number of hydrogen-bond donors (Lipinski definition) is 1. The third-order valence-electron chi connectivity index (χ3n) is 3.77. The van der Waals surface area contributed by atoms with Crippen LogP contribution in [0.5, 0.6) is 0 Å².